The van der Waals surface area contributed by atoms with E-state index in [1.54, 1.807) is 0 Å². The van der Waals surface area contributed by atoms with Crippen molar-refractivity contribution < 1.29 is 19.0 Å². The van der Waals surface area contributed by atoms with E-state index in [-0.39, 0.29) is 18.2 Å². The van der Waals surface area contributed by atoms with Crippen molar-refractivity contribution >= 4 is 17.6 Å². The van der Waals surface area contributed by atoms with E-state index in [4.69, 9.17) is 25.8 Å². The fraction of sp³-hybridized carbons (Fsp3) is 0.667. The monoisotopic (exact) mass is 380 g/mol. The number of hydrogen-bond donors (Lipinski definition) is 0. The molecule has 1 spiro atoms. The Morgan fingerprint density at radius 1 is 1.19 bits per heavy atom. The van der Waals surface area contributed by atoms with Crippen LogP contribution < -0.4 is 0 Å². The lowest BCUT2D eigenvalue weighted by Gasteiger charge is -2.32. The molecule has 2 aliphatic rings. The van der Waals surface area contributed by atoms with Gasteiger partial charge in [-0.05, 0) is 39.7 Å². The molecule has 2 fully saturated rings. The van der Waals surface area contributed by atoms with Crippen LogP contribution in [0.4, 0.5) is 0 Å². The van der Waals surface area contributed by atoms with Gasteiger partial charge in [-0.25, -0.2) is 0 Å². The maximum atomic E-state index is 12.0. The minimum Gasteiger partial charge on any atom is -0.465 e. The quantitative estimate of drug-likeness (QED) is 0.652. The topological polar surface area (TPSA) is 44.8 Å². The van der Waals surface area contributed by atoms with Gasteiger partial charge in [-0.15, -0.1) is 0 Å². The van der Waals surface area contributed by atoms with Crippen molar-refractivity contribution in [3.8, 4) is 0 Å². The summed E-state index contributed by atoms with van der Waals surface area (Å²) in [4.78, 5) is 12.0. The van der Waals surface area contributed by atoms with E-state index in [0.717, 1.165) is 31.2 Å². The molecule has 3 rings (SSSR count). The molecule has 4 nitrogen and oxygen atoms in total. The van der Waals surface area contributed by atoms with Crippen molar-refractivity contribution in [2.45, 2.75) is 77.3 Å². The van der Waals surface area contributed by atoms with Gasteiger partial charge in [-0.3, -0.25) is 4.79 Å². The summed E-state index contributed by atoms with van der Waals surface area (Å²) in [6.45, 7) is 5.89. The number of carbonyl (C=O) groups is 1. The molecule has 0 radical (unpaired) electrons. The van der Waals surface area contributed by atoms with E-state index in [9.17, 15) is 4.79 Å². The second-order valence-corrected chi connectivity index (χ2v) is 8.77. The van der Waals surface area contributed by atoms with E-state index in [1.807, 2.05) is 45.0 Å². The smallest absolute Gasteiger partial charge is 0.311 e. The number of benzene rings is 1. The molecule has 1 unspecified atom stereocenters. The Morgan fingerprint density at radius 2 is 1.88 bits per heavy atom. The van der Waals surface area contributed by atoms with Gasteiger partial charge in [0.05, 0.1) is 18.1 Å². The van der Waals surface area contributed by atoms with Gasteiger partial charge in [0.15, 0.2) is 5.79 Å². The van der Waals surface area contributed by atoms with Crippen molar-refractivity contribution in [2.75, 3.05) is 6.61 Å². The minimum atomic E-state index is -0.513. The van der Waals surface area contributed by atoms with Crippen LogP contribution in [0.3, 0.4) is 0 Å². The van der Waals surface area contributed by atoms with Crippen LogP contribution in [0, 0.1) is 5.41 Å². The highest BCUT2D eigenvalue weighted by atomic mass is 35.5. The van der Waals surface area contributed by atoms with Crippen molar-refractivity contribution in [2.24, 2.45) is 5.41 Å². The molecule has 144 valence electrons. The third-order valence-corrected chi connectivity index (χ3v) is 5.46. The number of hydrogen-bond acceptors (Lipinski definition) is 4. The Balaban J connectivity index is 1.72. The van der Waals surface area contributed by atoms with Gasteiger partial charge in [-0.2, -0.15) is 0 Å². The van der Waals surface area contributed by atoms with Gasteiger partial charge in [0.25, 0.3) is 0 Å². The van der Waals surface area contributed by atoms with Crippen LogP contribution in [-0.4, -0.2) is 24.5 Å². The zero-order valence-electron chi connectivity index (χ0n) is 15.9. The van der Waals surface area contributed by atoms with Crippen molar-refractivity contribution in [1.29, 1.82) is 0 Å². The van der Waals surface area contributed by atoms with Crippen molar-refractivity contribution in [1.82, 2.24) is 0 Å². The Hall–Kier alpha value is -1.10. The zero-order chi connectivity index (χ0) is 18.8. The first kappa shape index (κ1) is 19.7. The van der Waals surface area contributed by atoms with Gasteiger partial charge in [0, 0.05) is 29.8 Å². The third-order valence-electron chi connectivity index (χ3n) is 5.12. The molecule has 0 bridgehead atoms. The summed E-state index contributed by atoms with van der Waals surface area (Å²) in [5.74, 6) is -0.709. The number of ether oxygens (including phenoxy) is 3. The molecule has 1 aliphatic carbocycles. The highest BCUT2D eigenvalue weighted by Crippen LogP contribution is 2.48. The third kappa shape index (κ3) is 4.41. The molecule has 1 heterocycles. The number of rotatable bonds is 4. The molecule has 1 aromatic rings. The Kier molecular flexibility index (Phi) is 5.95. The summed E-state index contributed by atoms with van der Waals surface area (Å²) in [5.41, 5.74) is 0.448. The van der Waals surface area contributed by atoms with Crippen molar-refractivity contribution in [3.05, 3.63) is 34.9 Å². The van der Waals surface area contributed by atoms with Gasteiger partial charge in [0.2, 0.25) is 0 Å². The lowest BCUT2D eigenvalue weighted by Crippen LogP contribution is -2.33. The average Bonchev–Trinajstić information content (AvgIpc) is 2.93. The second-order valence-electron chi connectivity index (χ2n) is 8.36. The average molecular weight is 381 g/mol. The van der Waals surface area contributed by atoms with Crippen LogP contribution >= 0.6 is 11.6 Å². The van der Waals surface area contributed by atoms with Gasteiger partial charge in [-0.1, -0.05) is 36.2 Å². The maximum absolute atomic E-state index is 12.0. The molecule has 1 aromatic carbocycles. The molecule has 26 heavy (non-hydrogen) atoms. The summed E-state index contributed by atoms with van der Waals surface area (Å²) in [7, 11) is 0. The van der Waals surface area contributed by atoms with E-state index >= 15 is 0 Å². The lowest BCUT2D eigenvalue weighted by molar-refractivity contribution is -0.195. The largest absolute Gasteiger partial charge is 0.465 e. The fourth-order valence-corrected chi connectivity index (χ4v) is 3.91. The van der Waals surface area contributed by atoms with Gasteiger partial charge in [0.1, 0.15) is 6.10 Å². The number of carbonyl (C=O) groups excluding carboxylic acids is 1. The summed E-state index contributed by atoms with van der Waals surface area (Å²) < 4.78 is 18.3. The first-order valence-corrected chi connectivity index (χ1v) is 9.96. The minimum absolute atomic E-state index is 0.166. The molecule has 1 saturated heterocycles. The highest BCUT2D eigenvalue weighted by molar-refractivity contribution is 6.31. The zero-order valence-corrected chi connectivity index (χ0v) is 16.7. The number of halogens is 1. The lowest BCUT2D eigenvalue weighted by atomic mass is 9.94. The molecule has 1 aliphatic heterocycles. The van der Waals surface area contributed by atoms with E-state index in [1.165, 1.54) is 6.42 Å². The van der Waals surface area contributed by atoms with Crippen LogP contribution in [-0.2, 0) is 19.0 Å². The molecule has 2 atom stereocenters. The molecule has 0 aromatic heterocycles. The second kappa shape index (κ2) is 7.87. The van der Waals surface area contributed by atoms with E-state index in [0.29, 0.717) is 18.1 Å². The SMILES string of the molecule is CC(C)(C)C(=O)OCCC1OC2(CCCCC2)O[C@@H]1c1ccccc1Cl. The molecular weight excluding hydrogens is 352 g/mol. The fourth-order valence-electron chi connectivity index (χ4n) is 3.66. The summed E-state index contributed by atoms with van der Waals surface area (Å²) in [6.07, 6.45) is 5.47. The van der Waals surface area contributed by atoms with Crippen LogP contribution in [0.5, 0.6) is 0 Å². The summed E-state index contributed by atoms with van der Waals surface area (Å²) in [6, 6.07) is 7.75. The van der Waals surface area contributed by atoms with Gasteiger partial charge < -0.3 is 14.2 Å². The normalized spacial score (nSPS) is 25.4. The van der Waals surface area contributed by atoms with Crippen LogP contribution in [0.2, 0.25) is 5.02 Å². The predicted octanol–water partition coefficient (Wildman–Crippen LogP) is 5.44. The van der Waals surface area contributed by atoms with Crippen LogP contribution in [0.15, 0.2) is 24.3 Å². The van der Waals surface area contributed by atoms with Gasteiger partial charge >= 0.3 is 5.97 Å². The standard InChI is InChI=1S/C21H29ClO4/c1-20(2,3)19(23)24-14-11-17-18(15-9-5-6-10-16(15)22)26-21(25-17)12-7-4-8-13-21/h5-6,9-10,17-18H,4,7-8,11-14H2,1-3H3/t17?,18-/m1/s1. The molecule has 0 N–H and O–H groups in total. The molecule has 0 amide bonds. The molecule has 5 heteroatoms. The Bertz CT molecular complexity index is 631. The van der Waals surface area contributed by atoms with E-state index in [2.05, 4.69) is 0 Å². The van der Waals surface area contributed by atoms with Crippen molar-refractivity contribution in [3.63, 3.8) is 0 Å². The Labute approximate surface area is 161 Å². The highest BCUT2D eigenvalue weighted by Gasteiger charge is 2.48. The van der Waals surface area contributed by atoms with Crippen LogP contribution in [0.1, 0.15) is 71.0 Å². The molecule has 1 saturated carbocycles. The van der Waals surface area contributed by atoms with E-state index < -0.39 is 11.2 Å². The van der Waals surface area contributed by atoms with Crippen LogP contribution in [0.25, 0.3) is 0 Å². The molecular formula is C21H29ClO4. The first-order valence-electron chi connectivity index (χ1n) is 9.58. The first-order chi connectivity index (χ1) is 12.3. The summed E-state index contributed by atoms with van der Waals surface area (Å²) in [5, 5.41) is 0.686. The Morgan fingerprint density at radius 3 is 2.54 bits per heavy atom. The summed E-state index contributed by atoms with van der Waals surface area (Å²) >= 11 is 6.42. The maximum Gasteiger partial charge on any atom is 0.311 e. The predicted molar refractivity (Wildman–Crippen MR) is 101 cm³/mol. The number of esters is 1.